The number of carbonyl (C=O) groups is 1. The maximum Gasteiger partial charge on any atom is 0.251 e. The minimum Gasteiger partial charge on any atom is -0.461 e. The first-order valence-electron chi connectivity index (χ1n) is 8.26. The van der Waals surface area contributed by atoms with Crippen molar-refractivity contribution in [2.45, 2.75) is 20.4 Å². The lowest BCUT2D eigenvalue weighted by molar-refractivity contribution is 0.0951. The van der Waals surface area contributed by atoms with E-state index in [0.717, 1.165) is 27.9 Å². The van der Waals surface area contributed by atoms with Gasteiger partial charge in [0.05, 0.1) is 0 Å². The lowest BCUT2D eigenvalue weighted by Gasteiger charge is -2.06. The van der Waals surface area contributed by atoms with Crippen molar-refractivity contribution in [1.29, 1.82) is 0 Å². The number of aromatic nitrogens is 2. The third-order valence-electron chi connectivity index (χ3n) is 4.09. The summed E-state index contributed by atoms with van der Waals surface area (Å²) in [7, 11) is 0. The average Bonchev–Trinajstić information content (AvgIpc) is 3.24. The quantitative estimate of drug-likeness (QED) is 0.603. The van der Waals surface area contributed by atoms with E-state index in [4.69, 9.17) is 8.94 Å². The van der Waals surface area contributed by atoms with Gasteiger partial charge in [0.25, 0.3) is 5.91 Å². The summed E-state index contributed by atoms with van der Waals surface area (Å²) in [5.74, 6) is 1.79. The van der Waals surface area contributed by atoms with Crippen LogP contribution in [-0.2, 0) is 6.54 Å². The van der Waals surface area contributed by atoms with E-state index in [9.17, 15) is 4.79 Å². The zero-order valence-corrected chi connectivity index (χ0v) is 14.4. The number of nitrogens with zero attached hydrogens (tertiary/aromatic N) is 2. The Hall–Kier alpha value is -3.41. The molecule has 0 atom stereocenters. The van der Waals surface area contributed by atoms with Crippen LogP contribution in [0.4, 0.5) is 0 Å². The molecule has 4 rings (SSSR count). The number of amides is 1. The van der Waals surface area contributed by atoms with E-state index in [1.165, 1.54) is 0 Å². The molecule has 6 heteroatoms. The highest BCUT2D eigenvalue weighted by Gasteiger charge is 2.09. The first-order valence-corrected chi connectivity index (χ1v) is 8.26. The van der Waals surface area contributed by atoms with Crippen molar-refractivity contribution in [3.63, 3.8) is 0 Å². The second-order valence-electron chi connectivity index (χ2n) is 6.13. The fraction of sp³-hybridized carbons (Fsp3) is 0.150. The third kappa shape index (κ3) is 3.21. The molecular formula is C20H17N3O3. The molecule has 0 unspecified atom stereocenters. The highest BCUT2D eigenvalue weighted by Crippen LogP contribution is 2.20. The topological polar surface area (TPSA) is 81.2 Å². The van der Waals surface area contributed by atoms with Gasteiger partial charge in [-0.3, -0.25) is 4.79 Å². The molecule has 0 aliphatic heterocycles. The summed E-state index contributed by atoms with van der Waals surface area (Å²) in [5.41, 5.74) is 3.25. The molecule has 2 heterocycles. The Morgan fingerprint density at radius 3 is 2.62 bits per heavy atom. The summed E-state index contributed by atoms with van der Waals surface area (Å²) in [6.45, 7) is 4.08. The average molecular weight is 347 g/mol. The molecule has 0 fully saturated rings. The van der Waals surface area contributed by atoms with E-state index < -0.39 is 0 Å². The highest BCUT2D eigenvalue weighted by atomic mass is 16.5. The van der Waals surface area contributed by atoms with Gasteiger partial charge in [0.1, 0.15) is 11.3 Å². The van der Waals surface area contributed by atoms with Gasteiger partial charge in [-0.1, -0.05) is 29.4 Å². The van der Waals surface area contributed by atoms with Crippen molar-refractivity contribution >= 4 is 16.9 Å². The van der Waals surface area contributed by atoms with Gasteiger partial charge in [-0.25, -0.2) is 0 Å². The minimum absolute atomic E-state index is 0.122. The fourth-order valence-corrected chi connectivity index (χ4v) is 2.79. The van der Waals surface area contributed by atoms with Crippen LogP contribution in [0.1, 0.15) is 27.6 Å². The van der Waals surface area contributed by atoms with E-state index in [0.29, 0.717) is 23.8 Å². The number of nitrogens with one attached hydrogen (secondary N) is 1. The molecule has 1 amide bonds. The Bertz CT molecular complexity index is 1080. The standard InChI is InChI=1S/C20H17N3O3/c1-12-9-17-10-16(7-8-18(17)25-12)20(24)21-11-14-3-5-15(6-4-14)19-22-13(2)26-23-19/h3-10H,11H2,1-2H3,(H,21,24). The van der Waals surface area contributed by atoms with Gasteiger partial charge in [0.2, 0.25) is 11.7 Å². The van der Waals surface area contributed by atoms with Crippen LogP contribution in [-0.4, -0.2) is 16.0 Å². The van der Waals surface area contributed by atoms with Crippen molar-refractivity contribution < 1.29 is 13.7 Å². The predicted molar refractivity (Wildman–Crippen MR) is 96.6 cm³/mol. The fourth-order valence-electron chi connectivity index (χ4n) is 2.79. The van der Waals surface area contributed by atoms with E-state index in [1.807, 2.05) is 49.4 Å². The minimum atomic E-state index is -0.122. The Balaban J connectivity index is 1.43. The molecule has 0 aliphatic rings. The Morgan fingerprint density at radius 2 is 1.88 bits per heavy atom. The van der Waals surface area contributed by atoms with Crippen molar-refractivity contribution in [2.24, 2.45) is 0 Å². The van der Waals surface area contributed by atoms with Gasteiger partial charge < -0.3 is 14.3 Å². The van der Waals surface area contributed by atoms with Crippen LogP contribution in [0.2, 0.25) is 0 Å². The van der Waals surface area contributed by atoms with Crippen molar-refractivity contribution in [3.05, 3.63) is 71.3 Å². The molecule has 0 aliphatic carbocycles. The van der Waals surface area contributed by atoms with Gasteiger partial charge in [-0.05, 0) is 36.8 Å². The number of benzene rings is 2. The molecule has 0 saturated heterocycles. The number of carbonyl (C=O) groups excluding carboxylic acids is 1. The second-order valence-corrected chi connectivity index (χ2v) is 6.13. The number of aryl methyl sites for hydroxylation is 2. The number of furan rings is 1. The van der Waals surface area contributed by atoms with Crippen LogP contribution in [0.25, 0.3) is 22.4 Å². The summed E-state index contributed by atoms with van der Waals surface area (Å²) in [6, 6.07) is 15.0. The van der Waals surface area contributed by atoms with Crippen molar-refractivity contribution in [3.8, 4) is 11.4 Å². The van der Waals surface area contributed by atoms with Crippen LogP contribution in [0, 0.1) is 13.8 Å². The number of rotatable bonds is 4. The van der Waals surface area contributed by atoms with Crippen LogP contribution in [0.5, 0.6) is 0 Å². The molecule has 2 aromatic carbocycles. The monoisotopic (exact) mass is 347 g/mol. The van der Waals surface area contributed by atoms with Gasteiger partial charge in [0.15, 0.2) is 0 Å². The molecule has 0 bridgehead atoms. The highest BCUT2D eigenvalue weighted by molar-refractivity contribution is 5.97. The molecule has 130 valence electrons. The van der Waals surface area contributed by atoms with Gasteiger partial charge >= 0.3 is 0 Å². The molecule has 0 saturated carbocycles. The van der Waals surface area contributed by atoms with E-state index in [-0.39, 0.29) is 5.91 Å². The first-order chi connectivity index (χ1) is 12.6. The summed E-state index contributed by atoms with van der Waals surface area (Å²) in [5, 5.41) is 7.75. The summed E-state index contributed by atoms with van der Waals surface area (Å²) >= 11 is 0. The number of hydrogen-bond acceptors (Lipinski definition) is 5. The molecule has 0 radical (unpaired) electrons. The maximum absolute atomic E-state index is 12.4. The second kappa shape index (κ2) is 6.48. The van der Waals surface area contributed by atoms with Gasteiger partial charge in [-0.15, -0.1) is 0 Å². The molecule has 2 aromatic heterocycles. The van der Waals surface area contributed by atoms with Crippen molar-refractivity contribution in [1.82, 2.24) is 15.5 Å². The van der Waals surface area contributed by atoms with E-state index in [2.05, 4.69) is 15.5 Å². The maximum atomic E-state index is 12.4. The smallest absolute Gasteiger partial charge is 0.251 e. The summed E-state index contributed by atoms with van der Waals surface area (Å²) < 4.78 is 10.5. The Kier molecular flexibility index (Phi) is 4.01. The zero-order chi connectivity index (χ0) is 18.1. The number of hydrogen-bond donors (Lipinski definition) is 1. The predicted octanol–water partition coefficient (Wildman–Crippen LogP) is 4.03. The van der Waals surface area contributed by atoms with Crippen LogP contribution in [0.15, 0.2) is 57.5 Å². The number of fused-ring (bicyclic) bond motifs is 1. The zero-order valence-electron chi connectivity index (χ0n) is 14.4. The molecule has 0 spiro atoms. The molecule has 26 heavy (non-hydrogen) atoms. The van der Waals surface area contributed by atoms with E-state index in [1.54, 1.807) is 13.0 Å². The normalized spacial score (nSPS) is 11.0. The van der Waals surface area contributed by atoms with Crippen LogP contribution < -0.4 is 5.32 Å². The molecule has 1 N–H and O–H groups in total. The third-order valence-corrected chi connectivity index (χ3v) is 4.09. The lowest BCUT2D eigenvalue weighted by atomic mass is 10.1. The van der Waals surface area contributed by atoms with Gasteiger partial charge in [-0.2, -0.15) is 4.98 Å². The lowest BCUT2D eigenvalue weighted by Crippen LogP contribution is -2.22. The van der Waals surface area contributed by atoms with Crippen LogP contribution in [0.3, 0.4) is 0 Å². The summed E-state index contributed by atoms with van der Waals surface area (Å²) in [6.07, 6.45) is 0. The molecule has 4 aromatic rings. The summed E-state index contributed by atoms with van der Waals surface area (Å²) in [4.78, 5) is 16.6. The Morgan fingerprint density at radius 1 is 1.08 bits per heavy atom. The molecular weight excluding hydrogens is 330 g/mol. The van der Waals surface area contributed by atoms with Crippen LogP contribution >= 0.6 is 0 Å². The largest absolute Gasteiger partial charge is 0.461 e. The SMILES string of the molecule is Cc1cc2cc(C(=O)NCc3ccc(-c4noc(C)n4)cc3)ccc2o1. The van der Waals surface area contributed by atoms with Gasteiger partial charge in [0, 0.05) is 30.0 Å². The van der Waals surface area contributed by atoms with E-state index >= 15 is 0 Å². The first kappa shape index (κ1) is 16.1. The Labute approximate surface area is 149 Å². The molecule has 6 nitrogen and oxygen atoms in total. The van der Waals surface area contributed by atoms with Crippen molar-refractivity contribution in [2.75, 3.05) is 0 Å².